The molecule has 0 aromatic heterocycles. The van der Waals surface area contributed by atoms with Crippen LogP contribution in [0.4, 0.5) is 0 Å². The van der Waals surface area contributed by atoms with Gasteiger partial charge in [-0.1, -0.05) is 55.5 Å². The standard InChI is InChI=1S/C20H23NO6S2/c1-2-14(19(25)26)27-15-9-6-5-8-13(15)12-16-18(24)21(20(28)29-16)11-7-3-4-10-17(22)23/h5-6,8-9,12,14H,2-4,7,10-11H2,1H3,(H,22,23)(H,25,26)/b16-12-. The van der Waals surface area contributed by atoms with Gasteiger partial charge in [0.1, 0.15) is 10.1 Å². The van der Waals surface area contributed by atoms with Crippen LogP contribution in [0.3, 0.4) is 0 Å². The summed E-state index contributed by atoms with van der Waals surface area (Å²) in [5.41, 5.74) is 0.606. The van der Waals surface area contributed by atoms with Gasteiger partial charge in [-0.3, -0.25) is 14.5 Å². The summed E-state index contributed by atoms with van der Waals surface area (Å²) in [5.74, 6) is -1.69. The molecule has 0 saturated carbocycles. The van der Waals surface area contributed by atoms with Crippen LogP contribution >= 0.6 is 24.0 Å². The van der Waals surface area contributed by atoms with E-state index in [2.05, 4.69) is 0 Å². The highest BCUT2D eigenvalue weighted by atomic mass is 32.2. The van der Waals surface area contributed by atoms with Crippen LogP contribution in [-0.4, -0.2) is 49.9 Å². The first-order valence-corrected chi connectivity index (χ1v) is 10.5. The molecule has 1 amide bonds. The Balaban J connectivity index is 2.07. The lowest BCUT2D eigenvalue weighted by Crippen LogP contribution is -2.29. The number of nitrogens with zero attached hydrogens (tertiary/aromatic N) is 1. The first-order chi connectivity index (χ1) is 13.8. The summed E-state index contributed by atoms with van der Waals surface area (Å²) in [6, 6.07) is 6.94. The minimum absolute atomic E-state index is 0.115. The molecule has 29 heavy (non-hydrogen) atoms. The maximum absolute atomic E-state index is 12.7. The number of benzene rings is 1. The van der Waals surface area contributed by atoms with Crippen LogP contribution in [0.2, 0.25) is 0 Å². The van der Waals surface area contributed by atoms with Crippen molar-refractivity contribution in [3.8, 4) is 5.75 Å². The lowest BCUT2D eigenvalue weighted by atomic mass is 10.1. The number of thiocarbonyl (C=S) groups is 1. The molecular formula is C20H23NO6S2. The molecule has 9 heteroatoms. The summed E-state index contributed by atoms with van der Waals surface area (Å²) < 4.78 is 6.06. The summed E-state index contributed by atoms with van der Waals surface area (Å²) in [7, 11) is 0. The average Bonchev–Trinajstić information content (AvgIpc) is 2.93. The number of hydrogen-bond donors (Lipinski definition) is 2. The Kier molecular flexibility index (Phi) is 8.66. The van der Waals surface area contributed by atoms with Crippen LogP contribution in [0.1, 0.15) is 44.6 Å². The molecule has 7 nitrogen and oxygen atoms in total. The average molecular weight is 438 g/mol. The van der Waals surface area contributed by atoms with E-state index in [1.807, 2.05) is 0 Å². The van der Waals surface area contributed by atoms with Crippen molar-refractivity contribution < 1.29 is 29.3 Å². The molecule has 1 aromatic carbocycles. The van der Waals surface area contributed by atoms with Gasteiger partial charge in [-0.25, -0.2) is 4.79 Å². The lowest BCUT2D eigenvalue weighted by molar-refractivity contribution is -0.145. The first-order valence-electron chi connectivity index (χ1n) is 9.29. The molecule has 0 bridgehead atoms. The number of para-hydroxylation sites is 1. The number of carbonyl (C=O) groups excluding carboxylic acids is 1. The van der Waals surface area contributed by atoms with E-state index in [1.165, 1.54) is 16.7 Å². The number of amides is 1. The smallest absolute Gasteiger partial charge is 0.344 e. The summed E-state index contributed by atoms with van der Waals surface area (Å²) in [4.78, 5) is 36.5. The molecule has 1 saturated heterocycles. The van der Waals surface area contributed by atoms with Gasteiger partial charge in [-0.15, -0.1) is 0 Å². The second-order valence-electron chi connectivity index (χ2n) is 6.43. The highest BCUT2D eigenvalue weighted by Gasteiger charge is 2.31. The van der Waals surface area contributed by atoms with Crippen molar-refractivity contribution in [1.29, 1.82) is 0 Å². The molecule has 1 heterocycles. The maximum atomic E-state index is 12.7. The molecule has 1 fully saturated rings. The molecule has 1 aromatic rings. The maximum Gasteiger partial charge on any atom is 0.344 e. The Morgan fingerprint density at radius 1 is 1.24 bits per heavy atom. The predicted octanol–water partition coefficient (Wildman–Crippen LogP) is 3.77. The normalized spacial score (nSPS) is 16.3. The van der Waals surface area contributed by atoms with Crippen LogP contribution < -0.4 is 4.74 Å². The summed E-state index contributed by atoms with van der Waals surface area (Å²) in [6.45, 7) is 2.17. The molecule has 0 spiro atoms. The Morgan fingerprint density at radius 2 is 1.97 bits per heavy atom. The number of carboxylic acids is 2. The molecule has 1 aliphatic heterocycles. The third-order valence-corrected chi connectivity index (χ3v) is 5.64. The molecule has 0 radical (unpaired) electrons. The van der Waals surface area contributed by atoms with E-state index in [1.54, 1.807) is 37.3 Å². The van der Waals surface area contributed by atoms with Gasteiger partial charge in [0.05, 0.1) is 4.91 Å². The van der Waals surface area contributed by atoms with E-state index < -0.39 is 18.0 Å². The van der Waals surface area contributed by atoms with Crippen molar-refractivity contribution in [3.05, 3.63) is 34.7 Å². The van der Waals surface area contributed by atoms with Gasteiger partial charge in [0.15, 0.2) is 6.10 Å². The van der Waals surface area contributed by atoms with E-state index in [9.17, 15) is 19.5 Å². The van der Waals surface area contributed by atoms with Crippen LogP contribution in [0.15, 0.2) is 29.2 Å². The zero-order chi connectivity index (χ0) is 21.4. The fourth-order valence-electron chi connectivity index (χ4n) is 2.73. The van der Waals surface area contributed by atoms with E-state index in [0.29, 0.717) is 52.8 Å². The Bertz CT molecular complexity index is 823. The minimum atomic E-state index is -1.04. The summed E-state index contributed by atoms with van der Waals surface area (Å²) >= 11 is 6.50. The molecule has 156 valence electrons. The number of unbranched alkanes of at least 4 members (excludes halogenated alkanes) is 2. The fraction of sp³-hybridized carbons (Fsp3) is 0.400. The van der Waals surface area contributed by atoms with E-state index in [-0.39, 0.29) is 12.3 Å². The van der Waals surface area contributed by atoms with Crippen LogP contribution in [0, 0.1) is 0 Å². The fourth-order valence-corrected chi connectivity index (χ4v) is 4.03. The molecular weight excluding hydrogens is 414 g/mol. The number of carboxylic acid groups (broad SMARTS) is 2. The van der Waals surface area contributed by atoms with Gasteiger partial charge < -0.3 is 14.9 Å². The third-order valence-electron chi connectivity index (χ3n) is 4.27. The molecule has 1 aliphatic rings. The molecule has 2 N–H and O–H groups in total. The van der Waals surface area contributed by atoms with E-state index in [0.717, 1.165) is 0 Å². The highest BCUT2D eigenvalue weighted by Crippen LogP contribution is 2.34. The van der Waals surface area contributed by atoms with Gasteiger partial charge in [0.2, 0.25) is 0 Å². The van der Waals surface area contributed by atoms with Gasteiger partial charge in [-0.2, -0.15) is 0 Å². The van der Waals surface area contributed by atoms with Gasteiger partial charge in [-0.05, 0) is 31.4 Å². The van der Waals surface area contributed by atoms with Crippen LogP contribution in [0.5, 0.6) is 5.75 Å². The zero-order valence-electron chi connectivity index (χ0n) is 16.0. The Hall–Kier alpha value is -2.39. The Morgan fingerprint density at radius 3 is 2.62 bits per heavy atom. The van der Waals surface area contributed by atoms with Crippen molar-refractivity contribution in [1.82, 2.24) is 4.90 Å². The molecule has 0 aliphatic carbocycles. The van der Waals surface area contributed by atoms with Gasteiger partial charge >= 0.3 is 11.9 Å². The number of thioether (sulfide) groups is 1. The minimum Gasteiger partial charge on any atom is -0.481 e. The SMILES string of the molecule is CCC(Oc1ccccc1/C=C1\SC(=S)N(CCCCCC(=O)O)C1=O)C(=O)O. The number of rotatable bonds is 11. The van der Waals surface area contributed by atoms with E-state index >= 15 is 0 Å². The number of hydrogen-bond acceptors (Lipinski definition) is 6. The van der Waals surface area contributed by atoms with Crippen molar-refractivity contribution >= 4 is 52.2 Å². The van der Waals surface area contributed by atoms with Gasteiger partial charge in [0, 0.05) is 18.5 Å². The largest absolute Gasteiger partial charge is 0.481 e. The lowest BCUT2D eigenvalue weighted by Gasteiger charge is -2.15. The highest BCUT2D eigenvalue weighted by molar-refractivity contribution is 8.26. The second kappa shape index (κ2) is 11.0. The van der Waals surface area contributed by atoms with Crippen LogP contribution in [0.25, 0.3) is 6.08 Å². The first kappa shape index (κ1) is 22.9. The number of aliphatic carboxylic acids is 2. The molecule has 1 unspecified atom stereocenters. The number of ether oxygens (including phenoxy) is 1. The summed E-state index contributed by atoms with van der Waals surface area (Å²) in [6.07, 6.45) is 3.05. The third kappa shape index (κ3) is 6.57. The van der Waals surface area contributed by atoms with Crippen molar-refractivity contribution in [2.45, 2.75) is 45.1 Å². The zero-order valence-corrected chi connectivity index (χ0v) is 17.6. The molecule has 2 rings (SSSR count). The second-order valence-corrected chi connectivity index (χ2v) is 8.10. The van der Waals surface area contributed by atoms with Crippen molar-refractivity contribution in [3.63, 3.8) is 0 Å². The van der Waals surface area contributed by atoms with Gasteiger partial charge in [0.25, 0.3) is 5.91 Å². The molecule has 1 atom stereocenters. The monoisotopic (exact) mass is 437 g/mol. The van der Waals surface area contributed by atoms with Crippen molar-refractivity contribution in [2.75, 3.05) is 6.54 Å². The topological polar surface area (TPSA) is 104 Å². The van der Waals surface area contributed by atoms with Crippen LogP contribution in [-0.2, 0) is 14.4 Å². The Labute approximate surface area is 178 Å². The van der Waals surface area contributed by atoms with Crippen molar-refractivity contribution in [2.24, 2.45) is 0 Å². The van der Waals surface area contributed by atoms with E-state index in [4.69, 9.17) is 22.1 Å². The quantitative estimate of drug-likeness (QED) is 0.306. The number of carbonyl (C=O) groups is 3. The predicted molar refractivity (Wildman–Crippen MR) is 115 cm³/mol. The summed E-state index contributed by atoms with van der Waals surface area (Å²) in [5, 5.41) is 17.9.